The van der Waals surface area contributed by atoms with E-state index in [4.69, 9.17) is 5.11 Å². The Kier molecular flexibility index (Phi) is 3.43. The fraction of sp³-hybridized carbons (Fsp3) is 0.0909. The number of benzene rings is 1. The van der Waals surface area contributed by atoms with Gasteiger partial charge in [-0.25, -0.2) is 9.78 Å². The second-order valence-electron chi connectivity index (χ2n) is 3.41. The van der Waals surface area contributed by atoms with Crippen LogP contribution in [-0.4, -0.2) is 22.4 Å². The minimum absolute atomic E-state index is 0.0112. The average molecular weight is 289 g/mol. The van der Waals surface area contributed by atoms with Gasteiger partial charge in [-0.1, -0.05) is 12.1 Å². The topological polar surface area (TPSA) is 59.4 Å². The Morgan fingerprint density at radius 2 is 2.11 bits per heavy atom. The number of alkyl halides is 3. The van der Waals surface area contributed by atoms with E-state index in [2.05, 4.69) is 9.72 Å². The normalized spacial score (nSPS) is 11.3. The Labute approximate surface area is 109 Å². The zero-order chi connectivity index (χ0) is 14.0. The van der Waals surface area contributed by atoms with Crippen LogP contribution in [0.3, 0.4) is 0 Å². The summed E-state index contributed by atoms with van der Waals surface area (Å²) in [7, 11) is 0. The Morgan fingerprint density at radius 3 is 2.68 bits per heavy atom. The Bertz CT molecular complexity index is 609. The van der Waals surface area contributed by atoms with Crippen LogP contribution < -0.4 is 4.74 Å². The first kappa shape index (κ1) is 13.3. The fourth-order valence-corrected chi connectivity index (χ4v) is 2.08. The van der Waals surface area contributed by atoms with Gasteiger partial charge in [0.1, 0.15) is 15.6 Å². The molecule has 1 aromatic carbocycles. The van der Waals surface area contributed by atoms with Gasteiger partial charge in [-0.05, 0) is 12.1 Å². The molecule has 4 nitrogen and oxygen atoms in total. The van der Waals surface area contributed by atoms with Crippen LogP contribution in [0.4, 0.5) is 13.2 Å². The van der Waals surface area contributed by atoms with Crippen LogP contribution in [-0.2, 0) is 0 Å². The molecular weight excluding hydrogens is 283 g/mol. The van der Waals surface area contributed by atoms with Crippen LogP contribution in [0.1, 0.15) is 9.67 Å². The quantitative estimate of drug-likeness (QED) is 0.940. The van der Waals surface area contributed by atoms with Crippen LogP contribution in [0, 0.1) is 0 Å². The summed E-state index contributed by atoms with van der Waals surface area (Å²) >= 11 is 0.873. The summed E-state index contributed by atoms with van der Waals surface area (Å²) in [5.74, 6) is -1.51. The maximum absolute atomic E-state index is 12.1. The molecule has 0 aliphatic carbocycles. The van der Waals surface area contributed by atoms with E-state index in [1.54, 1.807) is 0 Å². The molecule has 0 aliphatic heterocycles. The molecule has 0 radical (unpaired) electrons. The number of thiazole rings is 1. The zero-order valence-corrected chi connectivity index (χ0v) is 9.96. The van der Waals surface area contributed by atoms with Crippen LogP contribution in [0.2, 0.25) is 0 Å². The molecule has 0 spiro atoms. The summed E-state index contributed by atoms with van der Waals surface area (Å²) in [6.07, 6.45) is -3.62. The number of carboxylic acids is 1. The molecule has 1 N–H and O–H groups in total. The van der Waals surface area contributed by atoms with E-state index in [0.29, 0.717) is 10.6 Å². The summed E-state index contributed by atoms with van der Waals surface area (Å²) in [5, 5.41) is 9.06. The molecule has 0 amide bonds. The largest absolute Gasteiger partial charge is 0.573 e. The van der Waals surface area contributed by atoms with E-state index in [1.165, 1.54) is 12.1 Å². The van der Waals surface area contributed by atoms with Gasteiger partial charge < -0.3 is 9.84 Å². The highest BCUT2D eigenvalue weighted by Gasteiger charge is 2.31. The molecule has 0 saturated carbocycles. The van der Waals surface area contributed by atoms with E-state index in [0.717, 1.165) is 29.7 Å². The Morgan fingerprint density at radius 1 is 1.37 bits per heavy atom. The van der Waals surface area contributed by atoms with Crippen molar-refractivity contribution in [2.45, 2.75) is 6.36 Å². The van der Waals surface area contributed by atoms with Crippen molar-refractivity contribution in [2.75, 3.05) is 0 Å². The Hall–Kier alpha value is -2.09. The van der Waals surface area contributed by atoms with Crippen molar-refractivity contribution >= 4 is 17.3 Å². The van der Waals surface area contributed by atoms with Gasteiger partial charge >= 0.3 is 12.3 Å². The number of carbonyl (C=O) groups is 1. The van der Waals surface area contributed by atoms with Gasteiger partial charge in [-0.3, -0.25) is 0 Å². The van der Waals surface area contributed by atoms with Crippen molar-refractivity contribution in [3.8, 4) is 16.3 Å². The number of hydrogen-bond donors (Lipinski definition) is 1. The summed E-state index contributed by atoms with van der Waals surface area (Å²) in [5.41, 5.74) is 0.360. The number of aromatic nitrogens is 1. The molecule has 0 fully saturated rings. The highest BCUT2D eigenvalue weighted by molar-refractivity contribution is 7.16. The molecule has 8 heteroatoms. The molecule has 2 rings (SSSR count). The van der Waals surface area contributed by atoms with Crippen LogP contribution in [0.15, 0.2) is 30.5 Å². The van der Waals surface area contributed by atoms with Crippen molar-refractivity contribution < 1.29 is 27.8 Å². The highest BCUT2D eigenvalue weighted by Crippen LogP contribution is 2.30. The average Bonchev–Trinajstić information content (AvgIpc) is 2.76. The first-order chi connectivity index (χ1) is 8.85. The lowest BCUT2D eigenvalue weighted by Crippen LogP contribution is -2.17. The summed E-state index contributed by atoms with van der Waals surface area (Å²) in [4.78, 5) is 14.6. The first-order valence-corrected chi connectivity index (χ1v) is 5.72. The third-order valence-electron chi connectivity index (χ3n) is 2.03. The van der Waals surface area contributed by atoms with Gasteiger partial charge in [0.05, 0.1) is 6.20 Å². The van der Waals surface area contributed by atoms with E-state index in [1.807, 2.05) is 0 Å². The van der Waals surface area contributed by atoms with E-state index >= 15 is 0 Å². The second-order valence-corrected chi connectivity index (χ2v) is 4.44. The van der Waals surface area contributed by atoms with E-state index < -0.39 is 12.3 Å². The molecule has 1 heterocycles. The van der Waals surface area contributed by atoms with Crippen molar-refractivity contribution in [1.29, 1.82) is 0 Å². The maximum Gasteiger partial charge on any atom is 0.573 e. The number of nitrogens with zero attached hydrogens (tertiary/aromatic N) is 1. The molecule has 19 heavy (non-hydrogen) atoms. The maximum atomic E-state index is 12.1. The van der Waals surface area contributed by atoms with E-state index in [9.17, 15) is 18.0 Å². The number of ether oxygens (including phenoxy) is 1. The van der Waals surface area contributed by atoms with Crippen molar-refractivity contribution in [1.82, 2.24) is 4.98 Å². The smallest absolute Gasteiger partial charge is 0.477 e. The number of halogens is 3. The minimum Gasteiger partial charge on any atom is -0.477 e. The fourth-order valence-electron chi connectivity index (χ4n) is 1.33. The molecule has 2 aromatic rings. The van der Waals surface area contributed by atoms with Gasteiger partial charge in [-0.15, -0.1) is 24.5 Å². The number of hydrogen-bond acceptors (Lipinski definition) is 4. The van der Waals surface area contributed by atoms with Crippen molar-refractivity contribution in [2.24, 2.45) is 0 Å². The van der Waals surface area contributed by atoms with Crippen LogP contribution >= 0.6 is 11.3 Å². The summed E-state index contributed by atoms with van der Waals surface area (Å²) < 4.78 is 40.0. The van der Waals surface area contributed by atoms with Crippen LogP contribution in [0.5, 0.6) is 5.75 Å². The van der Waals surface area contributed by atoms with Crippen molar-refractivity contribution in [3.63, 3.8) is 0 Å². The molecule has 100 valence electrons. The number of aromatic carboxylic acids is 1. The predicted octanol–water partition coefficient (Wildman–Crippen LogP) is 3.41. The van der Waals surface area contributed by atoms with Gasteiger partial charge in [-0.2, -0.15) is 0 Å². The monoisotopic (exact) mass is 289 g/mol. The third-order valence-corrected chi connectivity index (χ3v) is 3.07. The van der Waals surface area contributed by atoms with Gasteiger partial charge in [0.15, 0.2) is 0 Å². The molecule has 0 aliphatic rings. The molecule has 0 bridgehead atoms. The first-order valence-electron chi connectivity index (χ1n) is 4.90. The van der Waals surface area contributed by atoms with Crippen LogP contribution in [0.25, 0.3) is 10.6 Å². The second kappa shape index (κ2) is 4.88. The van der Waals surface area contributed by atoms with Gasteiger partial charge in [0.25, 0.3) is 0 Å². The predicted molar refractivity (Wildman–Crippen MR) is 61.2 cm³/mol. The molecule has 0 atom stereocenters. The summed E-state index contributed by atoms with van der Waals surface area (Å²) in [6, 6.07) is 5.20. The van der Waals surface area contributed by atoms with Crippen molar-refractivity contribution in [3.05, 3.63) is 35.3 Å². The summed E-state index contributed by atoms with van der Waals surface area (Å²) in [6.45, 7) is 0. The molecular formula is C11H6F3NO3S. The van der Waals surface area contributed by atoms with Gasteiger partial charge in [0.2, 0.25) is 0 Å². The lowest BCUT2D eigenvalue weighted by Gasteiger charge is -2.09. The lowest BCUT2D eigenvalue weighted by atomic mass is 10.2. The number of carboxylic acid groups (broad SMARTS) is 1. The Balaban J connectivity index is 2.29. The van der Waals surface area contributed by atoms with Gasteiger partial charge in [0, 0.05) is 5.56 Å². The molecule has 0 saturated heterocycles. The van der Waals surface area contributed by atoms with E-state index in [-0.39, 0.29) is 10.6 Å². The molecule has 0 unspecified atom stereocenters. The standard InChI is InChI=1S/C11H6F3NO3S/c12-11(13,14)18-7-3-1-2-6(4-7)9-15-5-8(19-9)10(16)17/h1-5H,(H,16,17). The third kappa shape index (κ3) is 3.44. The number of rotatable bonds is 3. The SMILES string of the molecule is O=C(O)c1cnc(-c2cccc(OC(F)(F)F)c2)s1. The zero-order valence-electron chi connectivity index (χ0n) is 9.14. The minimum atomic E-state index is -4.77. The molecule has 1 aromatic heterocycles. The highest BCUT2D eigenvalue weighted by atomic mass is 32.1. The lowest BCUT2D eigenvalue weighted by molar-refractivity contribution is -0.274.